The molecule has 0 bridgehead atoms. The SMILES string of the molecule is C#Cc1ccc(C(=O)N2CC(C#N)(CCF)C2)cc1C. The van der Waals surface area contributed by atoms with Crippen LogP contribution in [0.1, 0.15) is 27.9 Å². The molecule has 102 valence electrons. The lowest BCUT2D eigenvalue weighted by molar-refractivity contribution is 0.0254. The summed E-state index contributed by atoms with van der Waals surface area (Å²) in [5.41, 5.74) is 1.47. The second-order valence-electron chi connectivity index (χ2n) is 5.17. The summed E-state index contributed by atoms with van der Waals surface area (Å²) >= 11 is 0. The average molecular weight is 270 g/mol. The molecule has 1 aliphatic heterocycles. The molecule has 0 atom stereocenters. The fourth-order valence-corrected chi connectivity index (χ4v) is 2.43. The normalized spacial score (nSPS) is 15.9. The molecule has 1 aromatic carbocycles. The van der Waals surface area contributed by atoms with Crippen molar-refractivity contribution in [2.75, 3.05) is 19.8 Å². The number of alkyl halides is 1. The highest BCUT2D eigenvalue weighted by Gasteiger charge is 2.45. The topological polar surface area (TPSA) is 44.1 Å². The summed E-state index contributed by atoms with van der Waals surface area (Å²) in [6.45, 7) is 1.90. The van der Waals surface area contributed by atoms with Crippen LogP contribution < -0.4 is 0 Å². The first-order valence-electron chi connectivity index (χ1n) is 6.39. The van der Waals surface area contributed by atoms with Crippen LogP contribution in [0.3, 0.4) is 0 Å². The van der Waals surface area contributed by atoms with Gasteiger partial charge in [0.1, 0.15) is 0 Å². The number of likely N-dealkylation sites (tertiary alicyclic amines) is 1. The minimum Gasteiger partial charge on any atom is -0.335 e. The molecule has 0 radical (unpaired) electrons. The Morgan fingerprint density at radius 3 is 2.75 bits per heavy atom. The molecule has 1 heterocycles. The van der Waals surface area contributed by atoms with E-state index < -0.39 is 12.1 Å². The van der Waals surface area contributed by atoms with Crippen LogP contribution in [-0.2, 0) is 0 Å². The minimum absolute atomic E-state index is 0.138. The van der Waals surface area contributed by atoms with Gasteiger partial charge in [0.2, 0.25) is 0 Å². The van der Waals surface area contributed by atoms with Crippen LogP contribution in [-0.4, -0.2) is 30.6 Å². The Labute approximate surface area is 118 Å². The number of rotatable bonds is 3. The molecule has 1 aromatic rings. The van der Waals surface area contributed by atoms with Crippen LogP contribution in [0, 0.1) is 36.0 Å². The van der Waals surface area contributed by atoms with Gasteiger partial charge in [-0.25, -0.2) is 0 Å². The second kappa shape index (κ2) is 5.35. The van der Waals surface area contributed by atoms with Crippen molar-refractivity contribution in [3.63, 3.8) is 0 Å². The Hall–Kier alpha value is -2.33. The Morgan fingerprint density at radius 2 is 2.25 bits per heavy atom. The number of carbonyl (C=O) groups is 1. The van der Waals surface area contributed by atoms with Gasteiger partial charge < -0.3 is 4.90 Å². The third-order valence-electron chi connectivity index (χ3n) is 3.71. The maximum Gasteiger partial charge on any atom is 0.253 e. The predicted molar refractivity (Wildman–Crippen MR) is 73.7 cm³/mol. The van der Waals surface area contributed by atoms with E-state index in [4.69, 9.17) is 11.7 Å². The van der Waals surface area contributed by atoms with Crippen molar-refractivity contribution >= 4 is 5.91 Å². The van der Waals surface area contributed by atoms with Gasteiger partial charge in [-0.05, 0) is 37.1 Å². The first kappa shape index (κ1) is 14.1. The van der Waals surface area contributed by atoms with Gasteiger partial charge in [0.05, 0.1) is 18.2 Å². The molecule has 0 unspecified atom stereocenters. The maximum atomic E-state index is 12.4. The Balaban J connectivity index is 2.10. The van der Waals surface area contributed by atoms with E-state index in [-0.39, 0.29) is 12.3 Å². The third-order valence-corrected chi connectivity index (χ3v) is 3.71. The molecule has 0 aliphatic carbocycles. The van der Waals surface area contributed by atoms with Gasteiger partial charge in [0.15, 0.2) is 0 Å². The largest absolute Gasteiger partial charge is 0.335 e. The zero-order chi connectivity index (χ0) is 14.8. The number of hydrogen-bond acceptors (Lipinski definition) is 2. The molecule has 3 nitrogen and oxygen atoms in total. The molecule has 0 spiro atoms. The predicted octanol–water partition coefficient (Wildman–Crippen LogP) is 2.30. The minimum atomic E-state index is -0.710. The van der Waals surface area contributed by atoms with Gasteiger partial charge in [0.25, 0.3) is 5.91 Å². The lowest BCUT2D eigenvalue weighted by Gasteiger charge is -2.45. The van der Waals surface area contributed by atoms with Crippen LogP contribution in [0.25, 0.3) is 0 Å². The van der Waals surface area contributed by atoms with E-state index in [2.05, 4.69) is 12.0 Å². The number of hydrogen-bond donors (Lipinski definition) is 0. The summed E-state index contributed by atoms with van der Waals surface area (Å²) in [5, 5.41) is 9.07. The lowest BCUT2D eigenvalue weighted by Crippen LogP contribution is -2.58. The van der Waals surface area contributed by atoms with Crippen molar-refractivity contribution in [3.05, 3.63) is 34.9 Å². The van der Waals surface area contributed by atoms with Crippen molar-refractivity contribution in [2.45, 2.75) is 13.3 Å². The summed E-state index contributed by atoms with van der Waals surface area (Å²) in [6.07, 6.45) is 5.53. The number of amides is 1. The molecule has 0 aromatic heterocycles. The van der Waals surface area contributed by atoms with Crippen LogP contribution in [0.2, 0.25) is 0 Å². The van der Waals surface area contributed by atoms with Crippen LogP contribution in [0.15, 0.2) is 18.2 Å². The standard InChI is InChI=1S/C16H15FN2O/c1-3-13-4-5-14(8-12(13)2)15(20)19-10-16(9-18,11-19)6-7-17/h1,4-5,8H,6-7,10-11H2,2H3. The lowest BCUT2D eigenvalue weighted by atomic mass is 9.78. The van der Waals surface area contributed by atoms with Gasteiger partial charge in [0, 0.05) is 24.2 Å². The highest BCUT2D eigenvalue weighted by Crippen LogP contribution is 2.34. The van der Waals surface area contributed by atoms with Crippen molar-refractivity contribution < 1.29 is 9.18 Å². The van der Waals surface area contributed by atoms with Gasteiger partial charge in [-0.1, -0.05) is 5.92 Å². The van der Waals surface area contributed by atoms with Gasteiger partial charge in [-0.2, -0.15) is 5.26 Å². The molecule has 20 heavy (non-hydrogen) atoms. The molecule has 0 saturated carbocycles. The summed E-state index contributed by atoms with van der Waals surface area (Å²) in [5.74, 6) is 2.41. The van der Waals surface area contributed by atoms with Crippen molar-refractivity contribution in [1.29, 1.82) is 5.26 Å². The molecule has 4 heteroatoms. The first-order valence-corrected chi connectivity index (χ1v) is 6.39. The van der Waals surface area contributed by atoms with Gasteiger partial charge in [-0.3, -0.25) is 9.18 Å². The smallest absolute Gasteiger partial charge is 0.253 e. The van der Waals surface area contributed by atoms with E-state index in [0.29, 0.717) is 18.7 Å². The molecule has 2 rings (SSSR count). The molecule has 1 amide bonds. The van der Waals surface area contributed by atoms with E-state index in [1.807, 2.05) is 6.92 Å². The third kappa shape index (κ3) is 2.38. The maximum absolute atomic E-state index is 12.4. The average Bonchev–Trinajstić information content (AvgIpc) is 2.41. The fraction of sp³-hybridized carbons (Fsp3) is 0.375. The second-order valence-corrected chi connectivity index (χ2v) is 5.17. The highest BCUT2D eigenvalue weighted by molar-refractivity contribution is 5.95. The number of benzene rings is 1. The van der Waals surface area contributed by atoms with Crippen LogP contribution >= 0.6 is 0 Å². The Kier molecular flexibility index (Phi) is 3.77. The number of nitrogens with zero attached hydrogens (tertiary/aromatic N) is 2. The molecule has 1 fully saturated rings. The number of nitriles is 1. The zero-order valence-electron chi connectivity index (χ0n) is 11.3. The molecule has 1 saturated heterocycles. The van der Waals surface area contributed by atoms with Crippen molar-refractivity contribution in [2.24, 2.45) is 5.41 Å². The van der Waals surface area contributed by atoms with E-state index in [1.165, 1.54) is 0 Å². The van der Waals surface area contributed by atoms with E-state index in [9.17, 15) is 9.18 Å². The van der Waals surface area contributed by atoms with Gasteiger partial charge in [-0.15, -0.1) is 6.42 Å². The summed E-state index contributed by atoms with van der Waals surface area (Å²) in [6, 6.07) is 7.29. The first-order chi connectivity index (χ1) is 9.55. The quantitative estimate of drug-likeness (QED) is 0.791. The van der Waals surface area contributed by atoms with E-state index in [1.54, 1.807) is 23.1 Å². The van der Waals surface area contributed by atoms with E-state index in [0.717, 1.165) is 11.1 Å². The molecule has 1 aliphatic rings. The summed E-state index contributed by atoms with van der Waals surface area (Å²) in [4.78, 5) is 13.8. The number of halogens is 1. The van der Waals surface area contributed by atoms with Gasteiger partial charge >= 0.3 is 0 Å². The summed E-state index contributed by atoms with van der Waals surface area (Å²) in [7, 11) is 0. The zero-order valence-corrected chi connectivity index (χ0v) is 11.3. The Bertz CT molecular complexity index is 618. The number of aryl methyl sites for hydroxylation is 1. The van der Waals surface area contributed by atoms with Crippen LogP contribution in [0.5, 0.6) is 0 Å². The molecular weight excluding hydrogens is 255 g/mol. The number of carbonyl (C=O) groups excluding carboxylic acids is 1. The Morgan fingerprint density at radius 1 is 1.55 bits per heavy atom. The van der Waals surface area contributed by atoms with E-state index >= 15 is 0 Å². The van der Waals surface area contributed by atoms with Crippen molar-refractivity contribution in [1.82, 2.24) is 4.90 Å². The fourth-order valence-electron chi connectivity index (χ4n) is 2.43. The van der Waals surface area contributed by atoms with Crippen LogP contribution in [0.4, 0.5) is 4.39 Å². The summed E-state index contributed by atoms with van der Waals surface area (Å²) < 4.78 is 12.4. The highest BCUT2D eigenvalue weighted by atomic mass is 19.1. The monoisotopic (exact) mass is 270 g/mol. The number of terminal acetylenes is 1. The molecule has 0 N–H and O–H groups in total. The molecular formula is C16H15FN2O. The van der Waals surface area contributed by atoms with Crippen molar-refractivity contribution in [3.8, 4) is 18.4 Å².